The maximum Gasteiger partial charge on any atom is 0.201 e. The number of aliphatic hydroxyl groups excluding tert-OH is 6. The van der Waals surface area contributed by atoms with Crippen molar-refractivity contribution in [3.05, 3.63) is 142 Å². The SMILES string of the molecule is Cc1c([C@]2(S)O[C@H](CO)[C@@H](O)[C@]2(O)C(=O)c2ccccc2)ccc([C@]2(S)O[C@H](CO)[C@@H](O)[C@]2(O)C(=O)c2ccccc2)c1[C@]1(S)O[C@H](CO)[C@@H](O)[C@]1(O)C(=O)c1ccccc1. The van der Waals surface area contributed by atoms with Crippen LogP contribution in [0.1, 0.15) is 53.3 Å². The van der Waals surface area contributed by atoms with Crippen LogP contribution in [0.5, 0.6) is 0 Å². The van der Waals surface area contributed by atoms with Crippen molar-refractivity contribution in [2.45, 2.75) is 75.1 Å². The average molecular weight is 897 g/mol. The second-order valence-corrected chi connectivity index (χ2v) is 17.2. The van der Waals surface area contributed by atoms with Gasteiger partial charge in [0.25, 0.3) is 0 Å². The van der Waals surface area contributed by atoms with Gasteiger partial charge in [0.2, 0.25) is 17.3 Å². The number of hydrogen-bond acceptors (Lipinski definition) is 18. The summed E-state index contributed by atoms with van der Waals surface area (Å²) in [6, 6.07) is 23.9. The van der Waals surface area contributed by atoms with E-state index in [1.165, 1.54) is 79.7 Å². The highest BCUT2D eigenvalue weighted by atomic mass is 32.1. The smallest absolute Gasteiger partial charge is 0.201 e. The van der Waals surface area contributed by atoms with E-state index in [1.807, 2.05) is 0 Å². The van der Waals surface area contributed by atoms with Crippen LogP contribution in [0.15, 0.2) is 103 Å². The summed E-state index contributed by atoms with van der Waals surface area (Å²) in [6.45, 7) is -1.65. The van der Waals surface area contributed by atoms with Gasteiger partial charge in [0.1, 0.15) is 36.6 Å². The fourth-order valence-electron chi connectivity index (χ4n) is 8.82. The first-order valence-corrected chi connectivity index (χ1v) is 20.3. The molecule has 4 aromatic carbocycles. The summed E-state index contributed by atoms with van der Waals surface area (Å²) in [5, 5.41) is 104. The van der Waals surface area contributed by atoms with Crippen molar-refractivity contribution in [2.75, 3.05) is 19.8 Å². The number of Topliss-reactive ketones (excluding diaryl/α,β-unsaturated/α-hetero) is 3. The Morgan fingerprint density at radius 2 is 0.770 bits per heavy atom. The Morgan fingerprint density at radius 1 is 0.492 bits per heavy atom. The lowest BCUT2D eigenvalue weighted by Gasteiger charge is -2.45. The van der Waals surface area contributed by atoms with E-state index in [0.717, 1.165) is 12.1 Å². The molecule has 0 bridgehead atoms. The Bertz CT molecular complexity index is 2330. The summed E-state index contributed by atoms with van der Waals surface area (Å²) in [5.74, 6) is -3.47. The van der Waals surface area contributed by atoms with Gasteiger partial charge in [-0.15, -0.1) is 37.9 Å². The second kappa shape index (κ2) is 16.2. The number of carbonyl (C=O) groups excluding carboxylic acids is 3. The van der Waals surface area contributed by atoms with Gasteiger partial charge in [0.15, 0.2) is 31.6 Å². The van der Waals surface area contributed by atoms with Crippen molar-refractivity contribution in [3.63, 3.8) is 0 Å². The monoisotopic (exact) mass is 896 g/mol. The fraction of sp³-hybridized carbons (Fsp3) is 0.372. The zero-order valence-electron chi connectivity index (χ0n) is 32.2. The molecule has 7 rings (SSSR count). The van der Waals surface area contributed by atoms with E-state index in [2.05, 4.69) is 0 Å². The highest BCUT2D eigenvalue weighted by Gasteiger charge is 2.74. The molecule has 0 aromatic heterocycles. The summed E-state index contributed by atoms with van der Waals surface area (Å²) in [4.78, 5) is 35.2. The number of benzene rings is 4. The zero-order valence-corrected chi connectivity index (χ0v) is 34.9. The predicted octanol–water partition coefficient (Wildman–Crippen LogP) is 0.341. The molecule has 0 unspecified atom stereocenters. The topological polar surface area (TPSA) is 261 Å². The quantitative estimate of drug-likeness (QED) is 0.0677. The minimum absolute atomic E-state index is 0.108. The van der Waals surface area contributed by atoms with Gasteiger partial charge >= 0.3 is 0 Å². The minimum Gasteiger partial charge on any atom is -0.394 e. The number of ether oxygens (including phenoxy) is 3. The zero-order chi connectivity index (χ0) is 44.5. The Hall–Kier alpha value is -3.54. The van der Waals surface area contributed by atoms with Gasteiger partial charge in [0, 0.05) is 33.4 Å². The highest BCUT2D eigenvalue weighted by Crippen LogP contribution is 2.61. The number of ketones is 3. The maximum atomic E-state index is 14.7. The third kappa shape index (κ3) is 6.27. The molecule has 0 aliphatic carbocycles. The van der Waals surface area contributed by atoms with Crippen LogP contribution in [-0.2, 0) is 29.0 Å². The summed E-state index contributed by atoms with van der Waals surface area (Å²) in [5.41, 5.74) is -11.5. The third-order valence-corrected chi connectivity index (χ3v) is 14.1. The van der Waals surface area contributed by atoms with E-state index in [1.54, 1.807) is 18.2 Å². The molecule has 0 saturated carbocycles. The van der Waals surface area contributed by atoms with Crippen LogP contribution >= 0.6 is 37.9 Å². The second-order valence-electron chi connectivity index (χ2n) is 15.3. The molecule has 12 atom stereocenters. The van der Waals surface area contributed by atoms with Crippen LogP contribution in [0, 0.1) is 6.92 Å². The van der Waals surface area contributed by atoms with Crippen molar-refractivity contribution < 1.29 is 74.6 Å². The Balaban J connectivity index is 1.58. The van der Waals surface area contributed by atoms with Crippen LogP contribution in [0.4, 0.5) is 0 Å². The number of aliphatic hydroxyl groups is 9. The van der Waals surface area contributed by atoms with Gasteiger partial charge in [-0.05, 0) is 12.5 Å². The van der Waals surface area contributed by atoms with Crippen LogP contribution in [0.3, 0.4) is 0 Å². The van der Waals surface area contributed by atoms with E-state index in [9.17, 15) is 60.3 Å². The molecule has 0 spiro atoms. The molecule has 15 nitrogen and oxygen atoms in total. The number of hydrogen-bond donors (Lipinski definition) is 12. The third-order valence-electron chi connectivity index (χ3n) is 12.1. The minimum atomic E-state index is -3.22. The molecule has 9 N–H and O–H groups in total. The molecule has 3 aliphatic heterocycles. The molecular weight excluding hydrogens is 853 g/mol. The lowest BCUT2D eigenvalue weighted by molar-refractivity contribution is -0.0839. The van der Waals surface area contributed by atoms with E-state index in [-0.39, 0.29) is 27.8 Å². The molecule has 3 heterocycles. The molecule has 3 saturated heterocycles. The summed E-state index contributed by atoms with van der Waals surface area (Å²) >= 11 is 14.3. The maximum absolute atomic E-state index is 14.7. The lowest BCUT2D eigenvalue weighted by atomic mass is 9.72. The van der Waals surface area contributed by atoms with E-state index in [4.69, 9.17) is 52.1 Å². The van der Waals surface area contributed by atoms with Gasteiger partial charge in [0.05, 0.1) is 19.8 Å². The van der Waals surface area contributed by atoms with Gasteiger partial charge in [-0.1, -0.05) is 103 Å². The fourth-order valence-corrected chi connectivity index (χ4v) is 10.6. The van der Waals surface area contributed by atoms with Gasteiger partial charge in [-0.2, -0.15) is 0 Å². The number of rotatable bonds is 12. The normalized spacial score (nSPS) is 37.2. The van der Waals surface area contributed by atoms with Gasteiger partial charge < -0.3 is 60.2 Å². The Morgan fingerprint density at radius 3 is 1.10 bits per heavy atom. The van der Waals surface area contributed by atoms with Crippen LogP contribution in [0.25, 0.3) is 0 Å². The molecule has 0 radical (unpaired) electrons. The molecule has 18 heteroatoms. The average Bonchev–Trinajstić information content (AvgIpc) is 3.72. The van der Waals surface area contributed by atoms with Crippen molar-refractivity contribution in [2.24, 2.45) is 0 Å². The standard InChI is InChI=1S/C43H44O15S3/c1-22-26(41(59)38(53,35(50)28(19-44)56-41)32(47)23-11-5-2-6-12-23)17-18-27(42(60)39(54,36(51)29(20-45)57-42)33(48)24-13-7-3-8-14-24)31(22)43(61)40(55,37(52)30(21-46)58-43)34(49)25-15-9-4-10-16-25/h2-18,28-30,35-37,44-46,50-55,59-61H,19-21H2,1H3/t28-,29-,30-,35-,36-,37-,38-,39-,40-,41-,42-,43-/m1/s1. The van der Waals surface area contributed by atoms with Crippen molar-refractivity contribution in [3.8, 4) is 0 Å². The molecule has 324 valence electrons. The summed E-state index contributed by atoms with van der Waals surface area (Å²) in [6.07, 6.45) is -11.8. The van der Waals surface area contributed by atoms with Crippen LogP contribution in [-0.4, -0.2) is 137 Å². The van der Waals surface area contributed by atoms with Gasteiger partial charge in [-0.25, -0.2) is 0 Å². The molecule has 3 fully saturated rings. The first-order chi connectivity index (χ1) is 28.8. The van der Waals surface area contributed by atoms with E-state index in [0.29, 0.717) is 0 Å². The van der Waals surface area contributed by atoms with Crippen molar-refractivity contribution >= 4 is 55.2 Å². The summed E-state index contributed by atoms with van der Waals surface area (Å²) < 4.78 is 18.4. The number of thiol groups is 3. The summed E-state index contributed by atoms with van der Waals surface area (Å²) in [7, 11) is 0. The van der Waals surface area contributed by atoms with Crippen LogP contribution in [0.2, 0.25) is 0 Å². The lowest BCUT2D eigenvalue weighted by Crippen LogP contribution is -2.61. The largest absolute Gasteiger partial charge is 0.394 e. The van der Waals surface area contributed by atoms with E-state index >= 15 is 0 Å². The first-order valence-electron chi connectivity index (χ1n) is 19.0. The Kier molecular flexibility index (Phi) is 12.1. The molecule has 3 aliphatic rings. The Labute approximate surface area is 365 Å². The van der Waals surface area contributed by atoms with Crippen molar-refractivity contribution in [1.29, 1.82) is 0 Å². The van der Waals surface area contributed by atoms with Gasteiger partial charge in [-0.3, -0.25) is 14.4 Å². The first kappa shape index (κ1) is 45.5. The van der Waals surface area contributed by atoms with E-state index < -0.39 is 117 Å². The molecule has 61 heavy (non-hydrogen) atoms. The molecule has 0 amide bonds. The van der Waals surface area contributed by atoms with Crippen LogP contribution < -0.4 is 0 Å². The predicted molar refractivity (Wildman–Crippen MR) is 224 cm³/mol. The molecular formula is C43H44O15S3. The molecule has 4 aromatic rings. The number of carbonyl (C=O) groups is 3. The highest BCUT2D eigenvalue weighted by molar-refractivity contribution is 7.82. The van der Waals surface area contributed by atoms with Crippen molar-refractivity contribution in [1.82, 2.24) is 0 Å².